The highest BCUT2D eigenvalue weighted by molar-refractivity contribution is 5.74. The Morgan fingerprint density at radius 1 is 1.00 bits per heavy atom. The van der Waals surface area contributed by atoms with Crippen LogP contribution in [0.2, 0.25) is 0 Å². The molecule has 3 N–H and O–H groups in total. The smallest absolute Gasteiger partial charge is 0.289 e. The average molecular weight is 375 g/mol. The molecular formula is C20H21N7O. The zero-order valence-electron chi connectivity index (χ0n) is 15.4. The summed E-state index contributed by atoms with van der Waals surface area (Å²) in [6.45, 7) is 0. The monoisotopic (exact) mass is 375 g/mol. The zero-order valence-corrected chi connectivity index (χ0v) is 15.4. The van der Waals surface area contributed by atoms with E-state index in [0.717, 1.165) is 28.9 Å². The Kier molecular flexibility index (Phi) is 4.23. The van der Waals surface area contributed by atoms with Crippen molar-refractivity contribution >= 4 is 11.3 Å². The lowest BCUT2D eigenvalue weighted by molar-refractivity contribution is 0.354. The second-order valence-electron chi connectivity index (χ2n) is 7.42. The van der Waals surface area contributed by atoms with Crippen LogP contribution in [0.15, 0.2) is 35.4 Å². The Labute approximate surface area is 160 Å². The number of nitrogens with zero attached hydrogens (tertiary/aromatic N) is 4. The number of nitrogens with one attached hydrogen (secondary N) is 3. The van der Waals surface area contributed by atoms with Gasteiger partial charge in [-0.05, 0) is 18.4 Å². The Morgan fingerprint density at radius 3 is 2.57 bits per heavy atom. The number of benzene rings is 1. The van der Waals surface area contributed by atoms with Gasteiger partial charge in [-0.1, -0.05) is 50.3 Å². The molecule has 1 aromatic carbocycles. The van der Waals surface area contributed by atoms with Gasteiger partial charge in [0.15, 0.2) is 17.1 Å². The number of rotatable bonds is 4. The molecule has 0 saturated heterocycles. The lowest BCUT2D eigenvalue weighted by Crippen LogP contribution is -2.12. The molecule has 0 amide bonds. The van der Waals surface area contributed by atoms with Crippen LogP contribution in [0.25, 0.3) is 33.9 Å². The van der Waals surface area contributed by atoms with E-state index < -0.39 is 0 Å². The summed E-state index contributed by atoms with van der Waals surface area (Å²) < 4.78 is 0. The summed E-state index contributed by atoms with van der Waals surface area (Å²) in [5, 5.41) is 6.83. The highest BCUT2D eigenvalue weighted by Crippen LogP contribution is 2.31. The number of hydrogen-bond donors (Lipinski definition) is 3. The van der Waals surface area contributed by atoms with Crippen LogP contribution in [0.4, 0.5) is 0 Å². The van der Waals surface area contributed by atoms with Crippen LogP contribution >= 0.6 is 0 Å². The van der Waals surface area contributed by atoms with Crippen molar-refractivity contribution in [2.24, 2.45) is 5.92 Å². The van der Waals surface area contributed by atoms with E-state index in [9.17, 15) is 4.79 Å². The Bertz CT molecular complexity index is 1150. The predicted molar refractivity (Wildman–Crippen MR) is 106 cm³/mol. The fourth-order valence-electron chi connectivity index (χ4n) is 4.09. The van der Waals surface area contributed by atoms with E-state index in [1.165, 1.54) is 38.4 Å². The molecule has 3 aromatic heterocycles. The molecule has 0 atom stereocenters. The first-order valence-electron chi connectivity index (χ1n) is 9.71. The summed E-state index contributed by atoms with van der Waals surface area (Å²) in [5.74, 6) is 1.32. The van der Waals surface area contributed by atoms with Crippen molar-refractivity contribution in [3.63, 3.8) is 0 Å². The van der Waals surface area contributed by atoms with Crippen molar-refractivity contribution in [3.8, 4) is 22.6 Å². The van der Waals surface area contributed by atoms with E-state index in [0.29, 0.717) is 23.0 Å². The molecule has 142 valence electrons. The number of fused-ring (bicyclic) bond motifs is 1. The molecule has 5 rings (SSSR count). The summed E-state index contributed by atoms with van der Waals surface area (Å²) in [7, 11) is 0. The van der Waals surface area contributed by atoms with Crippen molar-refractivity contribution in [2.45, 2.75) is 38.5 Å². The third kappa shape index (κ3) is 3.21. The van der Waals surface area contributed by atoms with Crippen LogP contribution in [-0.4, -0.2) is 35.1 Å². The molecule has 1 saturated carbocycles. The van der Waals surface area contributed by atoms with E-state index in [2.05, 4.69) is 25.1 Å². The molecule has 0 aliphatic heterocycles. The first-order chi connectivity index (χ1) is 13.8. The largest absolute Gasteiger partial charge is 0.326 e. The Morgan fingerprint density at radius 2 is 1.79 bits per heavy atom. The van der Waals surface area contributed by atoms with Gasteiger partial charge < -0.3 is 0 Å². The van der Waals surface area contributed by atoms with Gasteiger partial charge in [0.25, 0.3) is 0 Å². The SMILES string of the molecule is O=c1[nH]c2nc(CC3CCCCC3)c(-c3cccc(-c4ncn[nH]4)c3)nc2[nH]1. The Hall–Kier alpha value is -3.29. The molecule has 0 bridgehead atoms. The van der Waals surface area contributed by atoms with Crippen LogP contribution in [0.1, 0.15) is 37.8 Å². The topological polar surface area (TPSA) is 116 Å². The summed E-state index contributed by atoms with van der Waals surface area (Å²) >= 11 is 0. The molecule has 1 aliphatic rings. The number of aromatic nitrogens is 7. The highest BCUT2D eigenvalue weighted by atomic mass is 16.1. The first kappa shape index (κ1) is 16.9. The van der Waals surface area contributed by atoms with Crippen LogP contribution in [0.3, 0.4) is 0 Å². The highest BCUT2D eigenvalue weighted by Gasteiger charge is 2.20. The van der Waals surface area contributed by atoms with Gasteiger partial charge in [0.1, 0.15) is 6.33 Å². The van der Waals surface area contributed by atoms with Crippen LogP contribution < -0.4 is 5.69 Å². The van der Waals surface area contributed by atoms with Crippen LogP contribution in [0.5, 0.6) is 0 Å². The average Bonchev–Trinajstić information content (AvgIpc) is 3.37. The third-order valence-corrected chi connectivity index (χ3v) is 5.46. The molecule has 0 spiro atoms. The van der Waals surface area contributed by atoms with Gasteiger partial charge in [0.2, 0.25) is 0 Å². The molecule has 4 aromatic rings. The lowest BCUT2D eigenvalue weighted by Gasteiger charge is -2.22. The standard InChI is InChI=1S/C20H21N7O/c28-20-25-18-19(26-20)24-16(15(23-18)9-12-5-2-1-3-6-12)13-7-4-8-14(10-13)17-21-11-22-27-17/h4,7-8,10-12H,1-3,5-6,9H2,(H,21,22,27)(H2,23,24,25,26,28). The quantitative estimate of drug-likeness (QED) is 0.506. The molecule has 1 aliphatic carbocycles. The normalized spacial score (nSPS) is 15.3. The van der Waals surface area contributed by atoms with Gasteiger partial charge in [-0.3, -0.25) is 15.1 Å². The zero-order chi connectivity index (χ0) is 18.9. The minimum atomic E-state index is -0.286. The fraction of sp³-hybridized carbons (Fsp3) is 0.350. The summed E-state index contributed by atoms with van der Waals surface area (Å²) in [5.41, 5.74) is 4.35. The van der Waals surface area contributed by atoms with E-state index in [1.807, 2.05) is 24.3 Å². The molecule has 1 fully saturated rings. The van der Waals surface area contributed by atoms with Crippen molar-refractivity contribution in [1.29, 1.82) is 0 Å². The van der Waals surface area contributed by atoms with Gasteiger partial charge in [-0.25, -0.2) is 19.7 Å². The lowest BCUT2D eigenvalue weighted by atomic mass is 9.85. The van der Waals surface area contributed by atoms with E-state index >= 15 is 0 Å². The van der Waals surface area contributed by atoms with Crippen molar-refractivity contribution in [1.82, 2.24) is 35.1 Å². The van der Waals surface area contributed by atoms with Gasteiger partial charge in [-0.15, -0.1) is 0 Å². The van der Waals surface area contributed by atoms with Crippen molar-refractivity contribution in [3.05, 3.63) is 46.8 Å². The molecule has 8 heteroatoms. The number of hydrogen-bond acceptors (Lipinski definition) is 5. The van der Waals surface area contributed by atoms with E-state index in [1.54, 1.807) is 0 Å². The van der Waals surface area contributed by atoms with E-state index in [4.69, 9.17) is 9.97 Å². The van der Waals surface area contributed by atoms with Crippen LogP contribution in [0, 0.1) is 5.92 Å². The second kappa shape index (κ2) is 7.03. The molecule has 0 radical (unpaired) electrons. The maximum Gasteiger partial charge on any atom is 0.326 e. The maximum atomic E-state index is 11.7. The van der Waals surface area contributed by atoms with Crippen LogP contribution in [-0.2, 0) is 6.42 Å². The van der Waals surface area contributed by atoms with Crippen molar-refractivity contribution in [2.75, 3.05) is 0 Å². The number of imidazole rings is 1. The summed E-state index contributed by atoms with van der Waals surface area (Å²) in [4.78, 5) is 31.0. The molecule has 8 nitrogen and oxygen atoms in total. The first-order valence-corrected chi connectivity index (χ1v) is 9.71. The minimum absolute atomic E-state index is 0.286. The van der Waals surface area contributed by atoms with Gasteiger partial charge in [0, 0.05) is 11.1 Å². The van der Waals surface area contributed by atoms with Gasteiger partial charge in [0.05, 0.1) is 11.4 Å². The number of H-pyrrole nitrogens is 3. The Balaban J connectivity index is 1.61. The maximum absolute atomic E-state index is 11.7. The van der Waals surface area contributed by atoms with E-state index in [-0.39, 0.29) is 5.69 Å². The minimum Gasteiger partial charge on any atom is -0.289 e. The van der Waals surface area contributed by atoms with Gasteiger partial charge >= 0.3 is 5.69 Å². The summed E-state index contributed by atoms with van der Waals surface area (Å²) in [6, 6.07) is 8.01. The van der Waals surface area contributed by atoms with Crippen molar-refractivity contribution < 1.29 is 0 Å². The molecule has 0 unspecified atom stereocenters. The second-order valence-corrected chi connectivity index (χ2v) is 7.42. The van der Waals surface area contributed by atoms with Gasteiger partial charge in [-0.2, -0.15) is 5.10 Å². The number of aromatic amines is 3. The molecular weight excluding hydrogens is 354 g/mol. The third-order valence-electron chi connectivity index (χ3n) is 5.46. The summed E-state index contributed by atoms with van der Waals surface area (Å²) in [6.07, 6.45) is 8.68. The fourth-order valence-corrected chi connectivity index (χ4v) is 4.09. The predicted octanol–water partition coefficient (Wildman–Crippen LogP) is 3.22. The molecule has 3 heterocycles. The molecule has 28 heavy (non-hydrogen) atoms.